The highest BCUT2D eigenvalue weighted by Gasteiger charge is 2.09. The molecule has 0 amide bonds. The van der Waals surface area contributed by atoms with Crippen LogP contribution in [0.2, 0.25) is 0 Å². The summed E-state index contributed by atoms with van der Waals surface area (Å²) in [5, 5.41) is 13.1. The Kier molecular flexibility index (Phi) is 3.95. The van der Waals surface area contributed by atoms with Crippen molar-refractivity contribution in [3.63, 3.8) is 0 Å². The van der Waals surface area contributed by atoms with Crippen molar-refractivity contribution < 1.29 is 5.11 Å². The second-order valence-electron chi connectivity index (χ2n) is 4.29. The summed E-state index contributed by atoms with van der Waals surface area (Å²) in [5.74, 6) is 0.797. The Balaban J connectivity index is 2.19. The Hall–Kier alpha value is -1.87. The molecule has 1 aromatic heterocycles. The van der Waals surface area contributed by atoms with Crippen LogP contribution in [0, 0.1) is 6.92 Å². The molecule has 0 aliphatic carbocycles. The number of nitrogens with zero attached hydrogens (tertiary/aromatic N) is 1. The summed E-state index contributed by atoms with van der Waals surface area (Å²) in [5.41, 5.74) is 2.77. The monoisotopic (exact) mass is 242 g/mol. The normalized spacial score (nSPS) is 12.2. The molecule has 0 saturated heterocycles. The Morgan fingerprint density at radius 1 is 1.17 bits per heavy atom. The number of para-hydroxylation sites is 1. The fourth-order valence-electron chi connectivity index (χ4n) is 1.88. The number of hydrogen-bond acceptors (Lipinski definition) is 3. The molecule has 0 aliphatic rings. The van der Waals surface area contributed by atoms with Crippen LogP contribution >= 0.6 is 0 Å². The van der Waals surface area contributed by atoms with Gasteiger partial charge in [0.05, 0.1) is 6.10 Å². The van der Waals surface area contributed by atoms with Gasteiger partial charge in [-0.25, -0.2) is 4.98 Å². The highest BCUT2D eigenvalue weighted by molar-refractivity contribution is 5.56. The van der Waals surface area contributed by atoms with Gasteiger partial charge >= 0.3 is 0 Å². The van der Waals surface area contributed by atoms with Crippen LogP contribution in [-0.2, 0) is 0 Å². The summed E-state index contributed by atoms with van der Waals surface area (Å²) in [6.45, 7) is 3.88. The number of nitrogens with one attached hydrogen (secondary N) is 1. The van der Waals surface area contributed by atoms with Gasteiger partial charge in [-0.2, -0.15) is 0 Å². The highest BCUT2D eigenvalue weighted by atomic mass is 16.3. The third kappa shape index (κ3) is 2.87. The molecule has 18 heavy (non-hydrogen) atoms. The number of benzene rings is 1. The lowest BCUT2D eigenvalue weighted by Gasteiger charge is -2.13. The molecule has 3 nitrogen and oxygen atoms in total. The van der Waals surface area contributed by atoms with Crippen molar-refractivity contribution in [2.75, 3.05) is 5.32 Å². The molecular weight excluding hydrogens is 224 g/mol. The van der Waals surface area contributed by atoms with E-state index in [0.717, 1.165) is 22.8 Å². The van der Waals surface area contributed by atoms with E-state index in [1.165, 1.54) is 0 Å². The SMILES string of the molecule is CC[C@@H](O)c1ccc(Nc2ccccc2)nc1C. The number of aryl methyl sites for hydroxylation is 1. The van der Waals surface area contributed by atoms with Gasteiger partial charge in [0.1, 0.15) is 5.82 Å². The standard InChI is InChI=1S/C15H18N2O/c1-3-14(18)13-9-10-15(16-11(13)2)17-12-7-5-4-6-8-12/h4-10,14,18H,3H2,1-2H3,(H,16,17)/t14-/m1/s1. The minimum Gasteiger partial charge on any atom is -0.388 e. The van der Waals surface area contributed by atoms with Crippen LogP contribution < -0.4 is 5.32 Å². The van der Waals surface area contributed by atoms with Gasteiger partial charge < -0.3 is 10.4 Å². The van der Waals surface area contributed by atoms with Crippen molar-refractivity contribution in [3.8, 4) is 0 Å². The molecule has 0 bridgehead atoms. The van der Waals surface area contributed by atoms with Crippen LogP contribution in [0.3, 0.4) is 0 Å². The number of pyridine rings is 1. The van der Waals surface area contributed by atoms with Crippen LogP contribution in [0.25, 0.3) is 0 Å². The Bertz CT molecular complexity index is 511. The van der Waals surface area contributed by atoms with Gasteiger partial charge in [-0.05, 0) is 31.5 Å². The van der Waals surface area contributed by atoms with E-state index in [1.807, 2.05) is 56.3 Å². The summed E-state index contributed by atoms with van der Waals surface area (Å²) in [7, 11) is 0. The van der Waals surface area contributed by atoms with E-state index in [9.17, 15) is 5.11 Å². The molecular formula is C15H18N2O. The zero-order valence-corrected chi connectivity index (χ0v) is 10.7. The van der Waals surface area contributed by atoms with E-state index in [1.54, 1.807) is 0 Å². The number of aliphatic hydroxyl groups excluding tert-OH is 1. The maximum Gasteiger partial charge on any atom is 0.130 e. The maximum absolute atomic E-state index is 9.83. The van der Waals surface area contributed by atoms with Gasteiger partial charge in [-0.1, -0.05) is 31.2 Å². The average Bonchev–Trinajstić information content (AvgIpc) is 2.39. The minimum absolute atomic E-state index is 0.428. The first-order valence-electron chi connectivity index (χ1n) is 6.18. The van der Waals surface area contributed by atoms with E-state index in [4.69, 9.17) is 0 Å². The Morgan fingerprint density at radius 2 is 1.89 bits per heavy atom. The lowest BCUT2D eigenvalue weighted by atomic mass is 10.1. The molecule has 0 unspecified atom stereocenters. The fourth-order valence-corrected chi connectivity index (χ4v) is 1.88. The van der Waals surface area contributed by atoms with Crippen LogP contribution in [0.1, 0.15) is 30.7 Å². The maximum atomic E-state index is 9.83. The average molecular weight is 242 g/mol. The minimum atomic E-state index is -0.428. The topological polar surface area (TPSA) is 45.1 Å². The Morgan fingerprint density at radius 3 is 2.50 bits per heavy atom. The summed E-state index contributed by atoms with van der Waals surface area (Å²) in [6, 6.07) is 13.7. The van der Waals surface area contributed by atoms with Crippen LogP contribution in [-0.4, -0.2) is 10.1 Å². The number of hydrogen-bond donors (Lipinski definition) is 2. The lowest BCUT2D eigenvalue weighted by molar-refractivity contribution is 0.172. The first kappa shape index (κ1) is 12.6. The van der Waals surface area contributed by atoms with Crippen molar-refractivity contribution >= 4 is 11.5 Å². The molecule has 0 fully saturated rings. The van der Waals surface area contributed by atoms with E-state index in [2.05, 4.69) is 10.3 Å². The largest absolute Gasteiger partial charge is 0.388 e. The summed E-state index contributed by atoms with van der Waals surface area (Å²) >= 11 is 0. The quantitative estimate of drug-likeness (QED) is 0.861. The van der Waals surface area contributed by atoms with Crippen LogP contribution in [0.5, 0.6) is 0 Å². The van der Waals surface area contributed by atoms with Crippen molar-refractivity contribution in [3.05, 3.63) is 53.7 Å². The second-order valence-corrected chi connectivity index (χ2v) is 4.29. The molecule has 0 radical (unpaired) electrons. The lowest BCUT2D eigenvalue weighted by Crippen LogP contribution is -2.02. The molecule has 94 valence electrons. The predicted octanol–water partition coefficient (Wildman–Crippen LogP) is 3.58. The molecule has 0 spiro atoms. The zero-order chi connectivity index (χ0) is 13.0. The van der Waals surface area contributed by atoms with Gasteiger partial charge in [0, 0.05) is 16.9 Å². The second kappa shape index (κ2) is 5.65. The molecule has 2 rings (SSSR count). The molecule has 0 saturated carbocycles. The predicted molar refractivity (Wildman–Crippen MR) is 73.9 cm³/mol. The fraction of sp³-hybridized carbons (Fsp3) is 0.267. The number of rotatable bonds is 4. The smallest absolute Gasteiger partial charge is 0.130 e. The molecule has 2 aromatic rings. The van der Waals surface area contributed by atoms with Gasteiger partial charge in [0.25, 0.3) is 0 Å². The van der Waals surface area contributed by atoms with Crippen molar-refractivity contribution in [1.29, 1.82) is 0 Å². The molecule has 1 heterocycles. The van der Waals surface area contributed by atoms with E-state index < -0.39 is 6.10 Å². The van der Waals surface area contributed by atoms with Crippen molar-refractivity contribution in [2.24, 2.45) is 0 Å². The first-order valence-corrected chi connectivity index (χ1v) is 6.18. The molecule has 0 aliphatic heterocycles. The van der Waals surface area contributed by atoms with Crippen LogP contribution in [0.15, 0.2) is 42.5 Å². The number of aromatic nitrogens is 1. The van der Waals surface area contributed by atoms with Gasteiger partial charge in [0.15, 0.2) is 0 Å². The van der Waals surface area contributed by atoms with Gasteiger partial charge in [0.2, 0.25) is 0 Å². The molecule has 1 atom stereocenters. The van der Waals surface area contributed by atoms with Crippen molar-refractivity contribution in [2.45, 2.75) is 26.4 Å². The molecule has 1 aromatic carbocycles. The molecule has 3 heteroatoms. The van der Waals surface area contributed by atoms with Crippen LogP contribution in [0.4, 0.5) is 11.5 Å². The van der Waals surface area contributed by atoms with Crippen molar-refractivity contribution in [1.82, 2.24) is 4.98 Å². The first-order chi connectivity index (χ1) is 8.70. The zero-order valence-electron chi connectivity index (χ0n) is 10.7. The number of anilines is 2. The summed E-state index contributed by atoms with van der Waals surface area (Å²) < 4.78 is 0. The van der Waals surface area contributed by atoms with Gasteiger partial charge in [-0.15, -0.1) is 0 Å². The number of aliphatic hydroxyl groups is 1. The Labute approximate surface area is 108 Å². The van der Waals surface area contributed by atoms with E-state index in [-0.39, 0.29) is 0 Å². The molecule has 2 N–H and O–H groups in total. The summed E-state index contributed by atoms with van der Waals surface area (Å²) in [6.07, 6.45) is 0.275. The van der Waals surface area contributed by atoms with E-state index >= 15 is 0 Å². The van der Waals surface area contributed by atoms with Gasteiger partial charge in [-0.3, -0.25) is 0 Å². The van der Waals surface area contributed by atoms with E-state index in [0.29, 0.717) is 6.42 Å². The third-order valence-corrected chi connectivity index (χ3v) is 2.92. The highest BCUT2D eigenvalue weighted by Crippen LogP contribution is 2.22. The third-order valence-electron chi connectivity index (χ3n) is 2.92. The summed E-state index contributed by atoms with van der Waals surface area (Å²) in [4.78, 5) is 4.47.